The minimum atomic E-state index is 1.13. The molecule has 322 valence electrons. The summed E-state index contributed by atoms with van der Waals surface area (Å²) in [6, 6.07) is 93.7. The Balaban J connectivity index is 0.952. The Morgan fingerprint density at radius 2 is 0.783 bits per heavy atom. The third-order valence-electron chi connectivity index (χ3n) is 14.1. The fraction of sp³-hybridized carbons (Fsp3) is 0. The van der Waals surface area contributed by atoms with E-state index in [1.807, 2.05) is 11.3 Å². The van der Waals surface area contributed by atoms with Gasteiger partial charge < -0.3 is 9.13 Å². The first kappa shape index (κ1) is 39.4. The van der Waals surface area contributed by atoms with E-state index in [0.717, 1.165) is 5.69 Å². The van der Waals surface area contributed by atoms with E-state index in [0.29, 0.717) is 0 Å². The number of fused-ring (bicyclic) bond motifs is 9. The molecular formula is C66H42N2S. The summed E-state index contributed by atoms with van der Waals surface area (Å²) in [7, 11) is 0. The molecule has 0 saturated carbocycles. The largest absolute Gasteiger partial charge is 0.309 e. The van der Waals surface area contributed by atoms with E-state index in [2.05, 4.69) is 264 Å². The molecule has 3 heteroatoms. The van der Waals surface area contributed by atoms with Gasteiger partial charge in [-0.1, -0.05) is 188 Å². The Morgan fingerprint density at radius 3 is 1.61 bits per heavy atom. The Kier molecular flexibility index (Phi) is 9.11. The highest BCUT2D eigenvalue weighted by Gasteiger charge is 2.20. The predicted octanol–water partition coefficient (Wildman–Crippen LogP) is 18.6. The molecule has 0 spiro atoms. The number of para-hydroxylation sites is 2. The molecule has 0 amide bonds. The number of hydrogen-bond donors (Lipinski definition) is 0. The lowest BCUT2D eigenvalue weighted by Crippen LogP contribution is -1.97. The van der Waals surface area contributed by atoms with Gasteiger partial charge in [0.2, 0.25) is 0 Å². The first-order chi connectivity index (χ1) is 34.2. The Bertz CT molecular complexity index is 4290. The van der Waals surface area contributed by atoms with Crippen LogP contribution < -0.4 is 0 Å². The molecular weight excluding hydrogens is 853 g/mol. The minimum Gasteiger partial charge on any atom is -0.309 e. The summed E-state index contributed by atoms with van der Waals surface area (Å²) in [6.07, 6.45) is 0. The van der Waals surface area contributed by atoms with E-state index in [1.54, 1.807) is 0 Å². The number of benzene rings is 11. The monoisotopic (exact) mass is 894 g/mol. The van der Waals surface area contributed by atoms with Crippen LogP contribution in [-0.2, 0) is 0 Å². The van der Waals surface area contributed by atoms with Crippen molar-refractivity contribution < 1.29 is 0 Å². The molecule has 0 aliphatic carbocycles. The number of hydrogen-bond acceptors (Lipinski definition) is 1. The van der Waals surface area contributed by atoms with Crippen molar-refractivity contribution in [1.29, 1.82) is 0 Å². The first-order valence-corrected chi connectivity index (χ1v) is 24.5. The van der Waals surface area contributed by atoms with Crippen molar-refractivity contribution in [3.05, 3.63) is 255 Å². The van der Waals surface area contributed by atoms with Gasteiger partial charge in [-0.15, -0.1) is 11.3 Å². The summed E-state index contributed by atoms with van der Waals surface area (Å²) in [4.78, 5) is 0. The van der Waals surface area contributed by atoms with Crippen LogP contribution in [0.4, 0.5) is 0 Å². The van der Waals surface area contributed by atoms with E-state index >= 15 is 0 Å². The SMILES string of the molecule is c1ccc(-c2cccc(-c3cccc4c3c3cc(-c5ccc6c(c5)c5ccccc5n6-c5ccccc5-c5ccccc5)ccc3n4-c3ccc(-c4cccc5c4sc4ccccc45)cc3)c2)cc1. The standard InChI is InChI=1S/C66H42N2S/c1-3-16-43(17-4-1)46-20-13-21-49(40-46)52-25-15-30-63-65(52)58-42-48(35-39-62(58)67(63)50-36-32-45(33-37-50)53-26-14-27-56-55-24-9-12-31-64(55)69-66(53)56)47-34-38-61-57(41-47)54-23-8-11-29-60(54)68(61)59-28-10-7-22-51(59)44-18-5-2-6-19-44/h1-42H. The molecule has 0 aliphatic heterocycles. The lowest BCUT2D eigenvalue weighted by molar-refractivity contribution is 1.18. The van der Waals surface area contributed by atoms with E-state index in [4.69, 9.17) is 0 Å². The van der Waals surface area contributed by atoms with Crippen molar-refractivity contribution in [3.63, 3.8) is 0 Å². The number of thiophene rings is 1. The smallest absolute Gasteiger partial charge is 0.0547 e. The summed E-state index contributed by atoms with van der Waals surface area (Å²) >= 11 is 1.88. The van der Waals surface area contributed by atoms with Crippen LogP contribution in [0.2, 0.25) is 0 Å². The second kappa shape index (κ2) is 16.0. The molecule has 2 nitrogen and oxygen atoms in total. The second-order valence-corrected chi connectivity index (χ2v) is 19.1. The van der Waals surface area contributed by atoms with Gasteiger partial charge in [0.25, 0.3) is 0 Å². The zero-order valence-electron chi connectivity index (χ0n) is 37.6. The Hall–Kier alpha value is -8.76. The summed E-state index contributed by atoms with van der Waals surface area (Å²) in [5.41, 5.74) is 19.2. The molecule has 0 aliphatic rings. The van der Waals surface area contributed by atoms with Crippen molar-refractivity contribution in [1.82, 2.24) is 9.13 Å². The molecule has 0 saturated heterocycles. The summed E-state index contributed by atoms with van der Waals surface area (Å²) in [5, 5.41) is 7.58. The van der Waals surface area contributed by atoms with Crippen molar-refractivity contribution in [3.8, 4) is 67.0 Å². The van der Waals surface area contributed by atoms with Gasteiger partial charge in [-0.05, 0) is 117 Å². The highest BCUT2D eigenvalue weighted by Crippen LogP contribution is 2.44. The summed E-state index contributed by atoms with van der Waals surface area (Å²) in [5.74, 6) is 0. The molecule has 0 N–H and O–H groups in total. The van der Waals surface area contributed by atoms with Crippen molar-refractivity contribution in [2.24, 2.45) is 0 Å². The van der Waals surface area contributed by atoms with Crippen molar-refractivity contribution in [2.45, 2.75) is 0 Å². The molecule has 14 rings (SSSR count). The van der Waals surface area contributed by atoms with E-state index in [1.165, 1.54) is 125 Å². The van der Waals surface area contributed by atoms with Gasteiger partial charge in [-0.3, -0.25) is 0 Å². The molecule has 11 aromatic carbocycles. The molecule has 3 heterocycles. The number of nitrogens with zero attached hydrogens (tertiary/aromatic N) is 2. The van der Waals surface area contributed by atoms with E-state index in [9.17, 15) is 0 Å². The molecule has 14 aromatic rings. The van der Waals surface area contributed by atoms with Crippen LogP contribution in [0.25, 0.3) is 131 Å². The second-order valence-electron chi connectivity index (χ2n) is 18.0. The lowest BCUT2D eigenvalue weighted by atomic mass is 9.95. The van der Waals surface area contributed by atoms with Crippen LogP contribution in [0.5, 0.6) is 0 Å². The van der Waals surface area contributed by atoms with Crippen LogP contribution in [0.3, 0.4) is 0 Å². The van der Waals surface area contributed by atoms with Crippen LogP contribution in [0, 0.1) is 0 Å². The lowest BCUT2D eigenvalue weighted by Gasteiger charge is -2.14. The van der Waals surface area contributed by atoms with Gasteiger partial charge >= 0.3 is 0 Å². The van der Waals surface area contributed by atoms with Crippen molar-refractivity contribution >= 4 is 75.1 Å². The summed E-state index contributed by atoms with van der Waals surface area (Å²) in [6.45, 7) is 0. The Morgan fingerprint density at radius 1 is 0.261 bits per heavy atom. The fourth-order valence-electron chi connectivity index (χ4n) is 11.0. The van der Waals surface area contributed by atoms with Gasteiger partial charge in [0.1, 0.15) is 0 Å². The average molecular weight is 895 g/mol. The van der Waals surface area contributed by atoms with E-state index in [-0.39, 0.29) is 0 Å². The third kappa shape index (κ3) is 6.39. The zero-order chi connectivity index (χ0) is 45.4. The van der Waals surface area contributed by atoms with Crippen LogP contribution >= 0.6 is 11.3 Å². The third-order valence-corrected chi connectivity index (χ3v) is 15.4. The van der Waals surface area contributed by atoms with Crippen LogP contribution in [0.15, 0.2) is 255 Å². The zero-order valence-corrected chi connectivity index (χ0v) is 38.4. The van der Waals surface area contributed by atoms with Gasteiger partial charge in [0.05, 0.1) is 27.8 Å². The van der Waals surface area contributed by atoms with Crippen LogP contribution in [-0.4, -0.2) is 9.13 Å². The molecule has 0 unspecified atom stereocenters. The highest BCUT2D eigenvalue weighted by atomic mass is 32.1. The molecule has 0 bridgehead atoms. The molecule has 0 radical (unpaired) electrons. The average Bonchev–Trinajstić information content (AvgIpc) is 4.09. The summed E-state index contributed by atoms with van der Waals surface area (Å²) < 4.78 is 7.56. The minimum absolute atomic E-state index is 1.13. The van der Waals surface area contributed by atoms with E-state index < -0.39 is 0 Å². The maximum atomic E-state index is 2.46. The Labute approximate surface area is 403 Å². The highest BCUT2D eigenvalue weighted by molar-refractivity contribution is 7.26. The number of rotatable bonds is 7. The molecule has 0 fully saturated rings. The van der Waals surface area contributed by atoms with Gasteiger partial charge in [0.15, 0.2) is 0 Å². The maximum Gasteiger partial charge on any atom is 0.0547 e. The fourth-order valence-corrected chi connectivity index (χ4v) is 12.2. The quantitative estimate of drug-likeness (QED) is 0.151. The topological polar surface area (TPSA) is 9.86 Å². The molecule has 69 heavy (non-hydrogen) atoms. The van der Waals surface area contributed by atoms with Gasteiger partial charge in [-0.2, -0.15) is 0 Å². The maximum absolute atomic E-state index is 2.46. The van der Waals surface area contributed by atoms with Gasteiger partial charge in [-0.25, -0.2) is 0 Å². The van der Waals surface area contributed by atoms with Crippen LogP contribution in [0.1, 0.15) is 0 Å². The van der Waals surface area contributed by atoms with Gasteiger partial charge in [0, 0.05) is 53.0 Å². The first-order valence-electron chi connectivity index (χ1n) is 23.7. The normalized spacial score (nSPS) is 11.8. The predicted molar refractivity (Wildman–Crippen MR) is 295 cm³/mol. The molecule has 3 aromatic heterocycles. The van der Waals surface area contributed by atoms with Crippen molar-refractivity contribution in [2.75, 3.05) is 0 Å². The molecule has 0 atom stereocenters. The number of aromatic nitrogens is 2.